The highest BCUT2D eigenvalue weighted by atomic mass is 16.5. The standard InChI is InChI=1S/C22H22N6O3/c1-13-6-16(14-7-18(30-4)20(31-5)24-8-14)26-17-11-27(21(29)19(13)17)15-9-25-28(10-15)22(2,3)12-23/h6-10H,11H2,1-5H3. The Hall–Kier alpha value is -3.93. The van der Waals surface area contributed by atoms with E-state index in [9.17, 15) is 10.1 Å². The SMILES string of the molecule is COc1cc(-c2cc(C)c3c(n2)CN(c2cnn(C(C)(C)C#N)c2)C3=O)cnc1OC. The summed E-state index contributed by atoms with van der Waals surface area (Å²) in [6.07, 6.45) is 4.97. The van der Waals surface area contributed by atoms with Crippen LogP contribution in [-0.2, 0) is 12.1 Å². The average molecular weight is 418 g/mol. The second kappa shape index (κ2) is 7.40. The van der Waals surface area contributed by atoms with Gasteiger partial charge in [-0.1, -0.05) is 0 Å². The number of hydrogen-bond acceptors (Lipinski definition) is 7. The molecular weight excluding hydrogens is 396 g/mol. The molecule has 1 aliphatic rings. The first-order chi connectivity index (χ1) is 14.8. The van der Waals surface area contributed by atoms with Crippen LogP contribution in [0.25, 0.3) is 11.3 Å². The van der Waals surface area contributed by atoms with E-state index < -0.39 is 5.54 Å². The number of carbonyl (C=O) groups excluding carboxylic acids is 1. The maximum absolute atomic E-state index is 13.1. The first-order valence-electron chi connectivity index (χ1n) is 9.66. The molecule has 4 rings (SSSR count). The molecule has 0 fully saturated rings. The Morgan fingerprint density at radius 3 is 2.65 bits per heavy atom. The number of nitrogens with zero attached hydrogens (tertiary/aromatic N) is 6. The normalized spacial score (nSPS) is 13.2. The molecule has 0 aromatic carbocycles. The Kier molecular flexibility index (Phi) is 4.85. The average Bonchev–Trinajstić information content (AvgIpc) is 3.38. The van der Waals surface area contributed by atoms with Crippen molar-refractivity contribution in [1.29, 1.82) is 5.26 Å². The molecule has 0 atom stereocenters. The summed E-state index contributed by atoms with van der Waals surface area (Å²) in [5.74, 6) is 0.763. The Balaban J connectivity index is 1.70. The summed E-state index contributed by atoms with van der Waals surface area (Å²) in [4.78, 5) is 23.7. The van der Waals surface area contributed by atoms with Crippen molar-refractivity contribution in [3.05, 3.63) is 47.5 Å². The third-order valence-corrected chi connectivity index (χ3v) is 5.31. The van der Waals surface area contributed by atoms with Crippen LogP contribution in [0, 0.1) is 18.3 Å². The van der Waals surface area contributed by atoms with Crippen molar-refractivity contribution in [2.75, 3.05) is 19.1 Å². The van der Waals surface area contributed by atoms with Crippen LogP contribution in [0.5, 0.6) is 11.6 Å². The van der Waals surface area contributed by atoms with Crippen LogP contribution >= 0.6 is 0 Å². The van der Waals surface area contributed by atoms with E-state index in [1.54, 1.807) is 49.1 Å². The van der Waals surface area contributed by atoms with Gasteiger partial charge in [-0.25, -0.2) is 4.98 Å². The molecule has 1 amide bonds. The Morgan fingerprint density at radius 2 is 1.97 bits per heavy atom. The van der Waals surface area contributed by atoms with Crippen molar-refractivity contribution in [2.45, 2.75) is 32.9 Å². The van der Waals surface area contributed by atoms with E-state index >= 15 is 0 Å². The minimum Gasteiger partial charge on any atom is -0.491 e. The predicted molar refractivity (Wildman–Crippen MR) is 113 cm³/mol. The lowest BCUT2D eigenvalue weighted by atomic mass is 10.1. The van der Waals surface area contributed by atoms with Gasteiger partial charge >= 0.3 is 0 Å². The van der Waals surface area contributed by atoms with Crippen molar-refractivity contribution < 1.29 is 14.3 Å². The Bertz CT molecular complexity index is 1220. The van der Waals surface area contributed by atoms with Gasteiger partial charge in [-0.2, -0.15) is 10.4 Å². The van der Waals surface area contributed by atoms with E-state index in [0.29, 0.717) is 40.8 Å². The number of amides is 1. The minimum atomic E-state index is -0.810. The van der Waals surface area contributed by atoms with Gasteiger partial charge in [-0.15, -0.1) is 0 Å². The fourth-order valence-corrected chi connectivity index (χ4v) is 3.54. The van der Waals surface area contributed by atoms with Crippen molar-refractivity contribution in [2.24, 2.45) is 0 Å². The zero-order valence-corrected chi connectivity index (χ0v) is 18.0. The van der Waals surface area contributed by atoms with Crippen molar-refractivity contribution in [1.82, 2.24) is 19.7 Å². The van der Waals surface area contributed by atoms with Crippen molar-refractivity contribution in [3.63, 3.8) is 0 Å². The van der Waals surface area contributed by atoms with E-state index in [0.717, 1.165) is 11.1 Å². The largest absolute Gasteiger partial charge is 0.491 e. The highest BCUT2D eigenvalue weighted by Gasteiger charge is 2.33. The molecule has 0 radical (unpaired) electrons. The zero-order chi connectivity index (χ0) is 22.3. The van der Waals surface area contributed by atoms with Gasteiger partial charge in [0.1, 0.15) is 5.54 Å². The number of aromatic nitrogens is 4. The lowest BCUT2D eigenvalue weighted by Crippen LogP contribution is -2.25. The second-order valence-corrected chi connectivity index (χ2v) is 7.79. The highest BCUT2D eigenvalue weighted by Crippen LogP contribution is 2.34. The molecule has 0 unspecified atom stereocenters. The topological polar surface area (TPSA) is 106 Å². The summed E-state index contributed by atoms with van der Waals surface area (Å²) in [7, 11) is 3.08. The zero-order valence-electron chi connectivity index (χ0n) is 18.0. The van der Waals surface area contributed by atoms with E-state index in [-0.39, 0.29) is 5.91 Å². The number of ether oxygens (including phenoxy) is 2. The van der Waals surface area contributed by atoms with E-state index in [2.05, 4.69) is 16.2 Å². The van der Waals surface area contributed by atoms with Gasteiger partial charge in [0.2, 0.25) is 0 Å². The molecule has 9 heteroatoms. The highest BCUT2D eigenvalue weighted by molar-refractivity contribution is 6.10. The first kappa shape index (κ1) is 20.3. The van der Waals surface area contributed by atoms with Crippen molar-refractivity contribution in [3.8, 4) is 29.0 Å². The van der Waals surface area contributed by atoms with E-state index in [1.807, 2.05) is 19.1 Å². The predicted octanol–water partition coefficient (Wildman–Crippen LogP) is 3.08. The maximum atomic E-state index is 13.1. The van der Waals surface area contributed by atoms with Gasteiger partial charge in [0.15, 0.2) is 5.75 Å². The van der Waals surface area contributed by atoms with Crippen LogP contribution in [0.2, 0.25) is 0 Å². The van der Waals surface area contributed by atoms with Gasteiger partial charge in [0.05, 0.1) is 61.9 Å². The molecular formula is C22H22N6O3. The first-order valence-corrected chi connectivity index (χ1v) is 9.66. The fraction of sp³-hybridized carbons (Fsp3) is 0.318. The minimum absolute atomic E-state index is 0.133. The molecule has 1 aliphatic heterocycles. The number of aryl methyl sites for hydroxylation is 1. The lowest BCUT2D eigenvalue weighted by molar-refractivity contribution is 0.0996. The summed E-state index contributed by atoms with van der Waals surface area (Å²) >= 11 is 0. The van der Waals surface area contributed by atoms with Crippen LogP contribution < -0.4 is 14.4 Å². The van der Waals surface area contributed by atoms with Crippen LogP contribution in [-0.4, -0.2) is 39.9 Å². The smallest absolute Gasteiger partial charge is 0.260 e. The number of rotatable bonds is 5. The van der Waals surface area contributed by atoms with Crippen molar-refractivity contribution >= 4 is 11.6 Å². The number of pyridine rings is 2. The molecule has 0 saturated heterocycles. The molecule has 0 saturated carbocycles. The second-order valence-electron chi connectivity index (χ2n) is 7.79. The summed E-state index contributed by atoms with van der Waals surface area (Å²) in [6.45, 7) is 5.74. The van der Waals surface area contributed by atoms with Gasteiger partial charge in [-0.05, 0) is 38.5 Å². The van der Waals surface area contributed by atoms with Crippen LogP contribution in [0.3, 0.4) is 0 Å². The number of carbonyl (C=O) groups is 1. The van der Waals surface area contributed by atoms with E-state index in [1.165, 1.54) is 7.11 Å². The molecule has 9 nitrogen and oxygen atoms in total. The molecule has 0 N–H and O–H groups in total. The summed E-state index contributed by atoms with van der Waals surface area (Å²) in [5, 5.41) is 13.6. The maximum Gasteiger partial charge on any atom is 0.260 e. The lowest BCUT2D eigenvalue weighted by Gasteiger charge is -2.16. The Labute approximate surface area is 179 Å². The van der Waals surface area contributed by atoms with Crippen LogP contribution in [0.15, 0.2) is 30.7 Å². The molecule has 3 aromatic heterocycles. The summed E-state index contributed by atoms with van der Waals surface area (Å²) in [5.41, 5.74) is 3.37. The third kappa shape index (κ3) is 3.36. The molecule has 158 valence electrons. The van der Waals surface area contributed by atoms with Gasteiger partial charge in [-0.3, -0.25) is 19.4 Å². The number of nitriles is 1. The molecule has 0 bridgehead atoms. The van der Waals surface area contributed by atoms with Gasteiger partial charge in [0, 0.05) is 11.8 Å². The summed E-state index contributed by atoms with van der Waals surface area (Å²) in [6, 6.07) is 5.88. The Morgan fingerprint density at radius 1 is 1.19 bits per heavy atom. The molecule has 4 heterocycles. The molecule has 0 aliphatic carbocycles. The van der Waals surface area contributed by atoms with Crippen LogP contribution in [0.4, 0.5) is 5.69 Å². The van der Waals surface area contributed by atoms with Gasteiger partial charge in [0.25, 0.3) is 11.8 Å². The number of anilines is 1. The van der Waals surface area contributed by atoms with Crippen LogP contribution in [0.1, 0.15) is 35.5 Å². The van der Waals surface area contributed by atoms with Gasteiger partial charge < -0.3 is 9.47 Å². The fourth-order valence-electron chi connectivity index (χ4n) is 3.54. The molecule has 3 aromatic rings. The number of hydrogen-bond donors (Lipinski definition) is 0. The van der Waals surface area contributed by atoms with E-state index in [4.69, 9.17) is 14.5 Å². The number of fused-ring (bicyclic) bond motifs is 1. The molecule has 31 heavy (non-hydrogen) atoms. The quantitative estimate of drug-likeness (QED) is 0.627. The molecule has 0 spiro atoms. The third-order valence-electron chi connectivity index (χ3n) is 5.31. The summed E-state index contributed by atoms with van der Waals surface area (Å²) < 4.78 is 12.1. The monoisotopic (exact) mass is 418 g/mol. The number of methoxy groups -OCH3 is 2.